The quantitative estimate of drug-likeness (QED) is 0.212. The van der Waals surface area contributed by atoms with Gasteiger partial charge in [-0.15, -0.1) is 0 Å². The molecule has 0 aliphatic heterocycles. The van der Waals surface area contributed by atoms with Gasteiger partial charge in [0, 0.05) is 43.3 Å². The van der Waals surface area contributed by atoms with Crippen LogP contribution in [0, 0.1) is 0 Å². The van der Waals surface area contributed by atoms with Gasteiger partial charge in [-0.1, -0.05) is 25.1 Å². The molecule has 0 heterocycles. The van der Waals surface area contributed by atoms with Crippen molar-refractivity contribution in [1.29, 1.82) is 0 Å². The lowest BCUT2D eigenvalue weighted by Crippen LogP contribution is -2.45. The molecule has 2 aromatic rings. The minimum absolute atomic E-state index is 0.0204. The summed E-state index contributed by atoms with van der Waals surface area (Å²) in [5, 5.41) is 58.6. The van der Waals surface area contributed by atoms with Crippen LogP contribution >= 0.6 is 0 Å². The molecule has 2 rings (SSSR count). The fraction of sp³-hybridized carbons (Fsp3) is 0.462. The normalized spacial score (nSPS) is 13.2. The van der Waals surface area contributed by atoms with Crippen molar-refractivity contribution in [2.24, 2.45) is 0 Å². The summed E-state index contributed by atoms with van der Waals surface area (Å²) >= 11 is 0. The Morgan fingerprint density at radius 2 is 1.42 bits per heavy atom. The molecular formula is C26H36N2O8. The van der Waals surface area contributed by atoms with Crippen molar-refractivity contribution < 1.29 is 40.2 Å². The number of phenols is 2. The van der Waals surface area contributed by atoms with Crippen molar-refractivity contribution in [3.8, 4) is 11.5 Å². The number of aromatic hydroxyl groups is 2. The van der Waals surface area contributed by atoms with E-state index < -0.39 is 18.0 Å². The molecule has 6 N–H and O–H groups in total. The van der Waals surface area contributed by atoms with Crippen molar-refractivity contribution in [2.75, 3.05) is 13.1 Å². The third-order valence-corrected chi connectivity index (χ3v) is 6.38. The molecule has 0 bridgehead atoms. The van der Waals surface area contributed by atoms with Gasteiger partial charge in [-0.25, -0.2) is 0 Å². The number of phenolic OH excluding ortho intramolecular Hbond substituents is 2. The predicted molar refractivity (Wildman–Crippen MR) is 132 cm³/mol. The van der Waals surface area contributed by atoms with Crippen LogP contribution in [0.2, 0.25) is 0 Å². The summed E-state index contributed by atoms with van der Waals surface area (Å²) in [6, 6.07) is 8.20. The van der Waals surface area contributed by atoms with Gasteiger partial charge in [0.1, 0.15) is 17.5 Å². The second-order valence-electron chi connectivity index (χ2n) is 8.86. The van der Waals surface area contributed by atoms with Crippen molar-refractivity contribution in [1.82, 2.24) is 9.80 Å². The molecule has 0 aliphatic carbocycles. The number of hydrogen-bond donors (Lipinski definition) is 6. The number of carboxylic acids is 2. The summed E-state index contributed by atoms with van der Waals surface area (Å²) < 4.78 is 0. The SMILES string of the molecule is CC[C@H](CC(=O)O)N(CCN(Cc1ccc(CO)cc1O)C(C)C(=O)O)Cc1cc(CO)ccc1O. The molecule has 10 heteroatoms. The topological polar surface area (TPSA) is 162 Å². The molecule has 10 nitrogen and oxygen atoms in total. The van der Waals surface area contributed by atoms with Crippen LogP contribution in [0.1, 0.15) is 48.9 Å². The number of aliphatic hydroxyl groups excluding tert-OH is 2. The minimum atomic E-state index is -1.04. The lowest BCUT2D eigenvalue weighted by molar-refractivity contribution is -0.143. The molecule has 1 unspecified atom stereocenters. The molecular weight excluding hydrogens is 468 g/mol. The van der Waals surface area contributed by atoms with Crippen LogP contribution < -0.4 is 0 Å². The largest absolute Gasteiger partial charge is 0.508 e. The molecule has 198 valence electrons. The fourth-order valence-corrected chi connectivity index (χ4v) is 4.09. The van der Waals surface area contributed by atoms with E-state index in [0.29, 0.717) is 35.2 Å². The minimum Gasteiger partial charge on any atom is -0.508 e. The Morgan fingerprint density at radius 3 is 1.97 bits per heavy atom. The third kappa shape index (κ3) is 8.20. The Labute approximate surface area is 210 Å². The molecule has 0 amide bonds. The van der Waals surface area contributed by atoms with Gasteiger partial charge in [-0.05, 0) is 42.7 Å². The van der Waals surface area contributed by atoms with Gasteiger partial charge in [0.15, 0.2) is 0 Å². The van der Waals surface area contributed by atoms with Crippen LogP contribution in [0.3, 0.4) is 0 Å². The lowest BCUT2D eigenvalue weighted by Gasteiger charge is -2.34. The Kier molecular flexibility index (Phi) is 11.1. The first-order valence-electron chi connectivity index (χ1n) is 11.8. The first-order chi connectivity index (χ1) is 17.1. The van der Waals surface area contributed by atoms with Gasteiger partial charge in [0.05, 0.1) is 19.6 Å². The molecule has 0 aliphatic rings. The van der Waals surface area contributed by atoms with E-state index in [-0.39, 0.29) is 56.8 Å². The monoisotopic (exact) mass is 504 g/mol. The summed E-state index contributed by atoms with van der Waals surface area (Å²) in [6.45, 7) is 3.83. The number of carboxylic acid groups (broad SMARTS) is 2. The second-order valence-corrected chi connectivity index (χ2v) is 8.86. The second kappa shape index (κ2) is 13.8. The molecule has 0 aromatic heterocycles. The highest BCUT2D eigenvalue weighted by atomic mass is 16.4. The van der Waals surface area contributed by atoms with Crippen molar-refractivity contribution in [3.63, 3.8) is 0 Å². The molecule has 2 aromatic carbocycles. The first kappa shape index (κ1) is 29.1. The average molecular weight is 505 g/mol. The van der Waals surface area contributed by atoms with Crippen LogP contribution in [0.25, 0.3) is 0 Å². The number of benzene rings is 2. The summed E-state index contributed by atoms with van der Waals surface area (Å²) in [4.78, 5) is 26.9. The summed E-state index contributed by atoms with van der Waals surface area (Å²) in [5.41, 5.74) is 2.17. The number of nitrogens with zero attached hydrogens (tertiary/aromatic N) is 2. The number of rotatable bonds is 15. The molecule has 36 heavy (non-hydrogen) atoms. The summed E-state index contributed by atoms with van der Waals surface area (Å²) in [7, 11) is 0. The van der Waals surface area contributed by atoms with E-state index in [4.69, 9.17) is 0 Å². The van der Waals surface area contributed by atoms with Gasteiger partial charge < -0.3 is 30.6 Å². The predicted octanol–water partition coefficient (Wildman–Crippen LogP) is 2.11. The third-order valence-electron chi connectivity index (χ3n) is 6.38. The number of carbonyl (C=O) groups is 2. The molecule has 0 saturated heterocycles. The standard InChI is InChI=1S/C26H36N2O8/c1-3-22(12-25(33)34)28(14-21-10-18(15-29)5-7-23(21)31)9-8-27(17(2)26(35)36)13-20-6-4-19(16-30)11-24(20)32/h4-7,10-11,17,22,29-32H,3,8-9,12-16H2,1-2H3,(H,33,34)(H,35,36)/t17?,22-/m1/s1. The Bertz CT molecular complexity index is 1030. The van der Waals surface area contributed by atoms with Crippen molar-refractivity contribution in [2.45, 2.75) is 65.1 Å². The van der Waals surface area contributed by atoms with Gasteiger partial charge >= 0.3 is 11.9 Å². The molecule has 2 atom stereocenters. The van der Waals surface area contributed by atoms with E-state index in [1.165, 1.54) is 19.1 Å². The smallest absolute Gasteiger partial charge is 0.320 e. The van der Waals surface area contributed by atoms with Crippen LogP contribution in [0.4, 0.5) is 0 Å². The van der Waals surface area contributed by atoms with Crippen LogP contribution in [0.15, 0.2) is 36.4 Å². The van der Waals surface area contributed by atoms with E-state index in [1.807, 2.05) is 11.8 Å². The summed E-state index contributed by atoms with van der Waals surface area (Å²) in [6.07, 6.45) is 0.388. The maximum atomic E-state index is 11.8. The molecule has 0 saturated carbocycles. The zero-order valence-corrected chi connectivity index (χ0v) is 20.7. The first-order valence-corrected chi connectivity index (χ1v) is 11.8. The van der Waals surface area contributed by atoms with E-state index in [9.17, 15) is 40.2 Å². The molecule has 0 spiro atoms. The zero-order chi connectivity index (χ0) is 26.8. The van der Waals surface area contributed by atoms with Crippen LogP contribution in [-0.2, 0) is 35.9 Å². The van der Waals surface area contributed by atoms with Crippen molar-refractivity contribution >= 4 is 11.9 Å². The van der Waals surface area contributed by atoms with Crippen LogP contribution in [-0.4, -0.2) is 77.6 Å². The number of aliphatic hydroxyl groups is 2. The fourth-order valence-electron chi connectivity index (χ4n) is 4.09. The van der Waals surface area contributed by atoms with Gasteiger partial charge in [-0.3, -0.25) is 19.4 Å². The van der Waals surface area contributed by atoms with E-state index >= 15 is 0 Å². The van der Waals surface area contributed by atoms with E-state index in [2.05, 4.69) is 0 Å². The number of hydrogen-bond acceptors (Lipinski definition) is 8. The van der Waals surface area contributed by atoms with E-state index in [1.54, 1.807) is 29.2 Å². The highest BCUT2D eigenvalue weighted by Gasteiger charge is 2.26. The highest BCUT2D eigenvalue weighted by Crippen LogP contribution is 2.25. The maximum absolute atomic E-state index is 11.8. The number of aliphatic carboxylic acids is 2. The van der Waals surface area contributed by atoms with Gasteiger partial charge in [-0.2, -0.15) is 0 Å². The van der Waals surface area contributed by atoms with Gasteiger partial charge in [0.2, 0.25) is 0 Å². The Hall–Kier alpha value is -3.18. The van der Waals surface area contributed by atoms with Crippen LogP contribution in [0.5, 0.6) is 11.5 Å². The summed E-state index contributed by atoms with van der Waals surface area (Å²) in [5.74, 6) is -2.04. The lowest BCUT2D eigenvalue weighted by atomic mass is 10.0. The average Bonchev–Trinajstić information content (AvgIpc) is 2.85. The molecule has 0 radical (unpaired) electrons. The Morgan fingerprint density at radius 1 is 0.833 bits per heavy atom. The maximum Gasteiger partial charge on any atom is 0.320 e. The van der Waals surface area contributed by atoms with E-state index in [0.717, 1.165) is 0 Å². The van der Waals surface area contributed by atoms with Gasteiger partial charge in [0.25, 0.3) is 0 Å². The highest BCUT2D eigenvalue weighted by molar-refractivity contribution is 5.72. The van der Waals surface area contributed by atoms with Crippen molar-refractivity contribution in [3.05, 3.63) is 58.7 Å². The Balaban J connectivity index is 2.32. The zero-order valence-electron chi connectivity index (χ0n) is 20.7. The molecule has 0 fully saturated rings.